The van der Waals surface area contributed by atoms with Crippen LogP contribution in [0.25, 0.3) is 10.2 Å². The number of amides is 1. The van der Waals surface area contributed by atoms with Crippen molar-refractivity contribution >= 4 is 39.1 Å². The Balaban J connectivity index is 1.40. The average molecular weight is 395 g/mol. The molecule has 1 aromatic carbocycles. The van der Waals surface area contributed by atoms with Crippen LogP contribution in [-0.4, -0.2) is 28.5 Å². The second kappa shape index (κ2) is 7.24. The van der Waals surface area contributed by atoms with E-state index in [0.717, 1.165) is 32.6 Å². The maximum Gasteiger partial charge on any atom is 0.307 e. The van der Waals surface area contributed by atoms with Gasteiger partial charge in [0.1, 0.15) is 9.71 Å². The van der Waals surface area contributed by atoms with Crippen LogP contribution in [0.2, 0.25) is 0 Å². The Morgan fingerprint density at radius 3 is 2.82 bits per heavy atom. The van der Waals surface area contributed by atoms with E-state index in [1.54, 1.807) is 0 Å². The number of aryl methyl sites for hydroxylation is 1. The third kappa shape index (κ3) is 3.45. The number of carbonyl (C=O) groups excluding carboxylic acids is 1. The third-order valence-corrected chi connectivity index (χ3v) is 6.31. The van der Waals surface area contributed by atoms with Crippen molar-refractivity contribution in [1.82, 2.24) is 10.3 Å². The normalized spacial score (nSPS) is 15.5. The van der Waals surface area contributed by atoms with Gasteiger partial charge < -0.3 is 16.2 Å². The van der Waals surface area contributed by atoms with E-state index in [-0.39, 0.29) is 11.8 Å². The number of hydrogen-bond acceptors (Lipinski definition) is 5. The molecule has 1 unspecified atom stereocenters. The number of nitrogen functional groups attached to an aromatic ring is 1. The van der Waals surface area contributed by atoms with Gasteiger partial charge in [-0.2, -0.15) is 0 Å². The molecule has 1 aliphatic rings. The highest BCUT2D eigenvalue weighted by atomic mass is 32.1. The summed E-state index contributed by atoms with van der Waals surface area (Å²) < 4.78 is 0. The first-order valence-electron chi connectivity index (χ1n) is 9.19. The Morgan fingerprint density at radius 2 is 2.04 bits per heavy atom. The molecule has 0 saturated carbocycles. The van der Waals surface area contributed by atoms with E-state index in [0.29, 0.717) is 36.4 Å². The molecule has 28 heavy (non-hydrogen) atoms. The van der Waals surface area contributed by atoms with Gasteiger partial charge in [-0.05, 0) is 55.0 Å². The Bertz CT molecular complexity index is 1090. The number of benzene rings is 1. The number of thiophene rings is 1. The van der Waals surface area contributed by atoms with Crippen LogP contribution in [0.15, 0.2) is 30.3 Å². The molecule has 0 bridgehead atoms. The zero-order chi connectivity index (χ0) is 19.8. The Labute approximate surface area is 166 Å². The van der Waals surface area contributed by atoms with Gasteiger partial charge in [0.25, 0.3) is 5.91 Å². The van der Waals surface area contributed by atoms with Crippen LogP contribution >= 0.6 is 11.3 Å². The SMILES string of the molecule is Cc1ccc2c(N)c(C(=O)NCCc3ccc4c(c3)CC(C(=O)O)C4)sc2n1. The lowest BCUT2D eigenvalue weighted by Crippen LogP contribution is -2.25. The lowest BCUT2D eigenvalue weighted by molar-refractivity contribution is -0.141. The van der Waals surface area contributed by atoms with Crippen molar-refractivity contribution < 1.29 is 14.7 Å². The monoisotopic (exact) mass is 395 g/mol. The molecule has 0 radical (unpaired) electrons. The van der Waals surface area contributed by atoms with Crippen molar-refractivity contribution in [1.29, 1.82) is 0 Å². The second-order valence-corrected chi connectivity index (χ2v) is 8.20. The van der Waals surface area contributed by atoms with Gasteiger partial charge in [-0.15, -0.1) is 11.3 Å². The number of nitrogens with zero attached hydrogens (tertiary/aromatic N) is 1. The molecule has 1 amide bonds. The number of carboxylic acid groups (broad SMARTS) is 1. The summed E-state index contributed by atoms with van der Waals surface area (Å²) in [5.41, 5.74) is 10.8. The summed E-state index contributed by atoms with van der Waals surface area (Å²) >= 11 is 1.31. The first kappa shape index (κ1) is 18.4. The summed E-state index contributed by atoms with van der Waals surface area (Å²) in [6.07, 6.45) is 1.86. The summed E-state index contributed by atoms with van der Waals surface area (Å²) in [4.78, 5) is 29.4. The van der Waals surface area contributed by atoms with Crippen LogP contribution in [-0.2, 0) is 24.1 Å². The number of carbonyl (C=O) groups is 2. The largest absolute Gasteiger partial charge is 0.481 e. The molecule has 3 aromatic rings. The highest BCUT2D eigenvalue weighted by molar-refractivity contribution is 7.21. The summed E-state index contributed by atoms with van der Waals surface area (Å²) in [6.45, 7) is 2.39. The number of rotatable bonds is 5. The molecule has 2 heterocycles. The predicted octanol–water partition coefficient (Wildman–Crippen LogP) is 2.96. The molecule has 1 atom stereocenters. The summed E-state index contributed by atoms with van der Waals surface area (Å²) in [6, 6.07) is 9.86. The molecule has 0 spiro atoms. The maximum absolute atomic E-state index is 12.5. The number of fused-ring (bicyclic) bond motifs is 2. The van der Waals surface area contributed by atoms with Crippen LogP contribution < -0.4 is 11.1 Å². The Morgan fingerprint density at radius 1 is 1.25 bits per heavy atom. The first-order valence-corrected chi connectivity index (χ1v) is 10.0. The highest BCUT2D eigenvalue weighted by Gasteiger charge is 2.27. The predicted molar refractivity (Wildman–Crippen MR) is 110 cm³/mol. The molecule has 4 rings (SSSR count). The quantitative estimate of drug-likeness (QED) is 0.616. The molecule has 1 aliphatic carbocycles. The van der Waals surface area contributed by atoms with Gasteiger partial charge in [-0.25, -0.2) is 4.98 Å². The first-order chi connectivity index (χ1) is 13.4. The number of aliphatic carboxylic acids is 1. The molecule has 0 aliphatic heterocycles. The van der Waals surface area contributed by atoms with Crippen molar-refractivity contribution in [2.24, 2.45) is 5.92 Å². The Kier molecular flexibility index (Phi) is 4.77. The van der Waals surface area contributed by atoms with Gasteiger partial charge >= 0.3 is 5.97 Å². The molecule has 0 saturated heterocycles. The van der Waals surface area contributed by atoms with Gasteiger partial charge in [-0.3, -0.25) is 9.59 Å². The molecule has 7 heteroatoms. The van der Waals surface area contributed by atoms with Crippen LogP contribution in [0.3, 0.4) is 0 Å². The summed E-state index contributed by atoms with van der Waals surface area (Å²) in [5, 5.41) is 12.9. The van der Waals surface area contributed by atoms with Crippen molar-refractivity contribution in [3.63, 3.8) is 0 Å². The van der Waals surface area contributed by atoms with E-state index in [2.05, 4.69) is 16.4 Å². The van der Waals surface area contributed by atoms with E-state index in [4.69, 9.17) is 5.73 Å². The fraction of sp³-hybridized carbons (Fsp3) is 0.286. The lowest BCUT2D eigenvalue weighted by atomic mass is 10.0. The zero-order valence-electron chi connectivity index (χ0n) is 15.5. The minimum Gasteiger partial charge on any atom is -0.481 e. The molecular weight excluding hydrogens is 374 g/mol. The molecule has 2 aromatic heterocycles. The van der Waals surface area contributed by atoms with Crippen molar-refractivity contribution in [3.8, 4) is 0 Å². The fourth-order valence-corrected chi connectivity index (χ4v) is 4.72. The number of hydrogen-bond donors (Lipinski definition) is 3. The Hall–Kier alpha value is -2.93. The van der Waals surface area contributed by atoms with Gasteiger partial charge in [0.2, 0.25) is 0 Å². The number of anilines is 1. The van der Waals surface area contributed by atoms with Crippen LogP contribution in [0.1, 0.15) is 32.1 Å². The molecular formula is C21H21N3O3S. The standard InChI is InChI=1S/C21H21N3O3S/c1-11-2-5-16-17(22)18(28-20(16)24-11)19(25)23-7-6-12-3-4-13-9-15(21(26)27)10-14(13)8-12/h2-5,8,15H,6-7,9-10,22H2,1H3,(H,23,25)(H,26,27). The highest BCUT2D eigenvalue weighted by Crippen LogP contribution is 2.32. The average Bonchev–Trinajstić information content (AvgIpc) is 3.22. The number of nitrogens with one attached hydrogen (secondary N) is 1. The van der Waals surface area contributed by atoms with Gasteiger partial charge in [0.05, 0.1) is 11.6 Å². The van der Waals surface area contributed by atoms with Crippen molar-refractivity contribution in [2.45, 2.75) is 26.2 Å². The zero-order valence-corrected chi connectivity index (χ0v) is 16.3. The topological polar surface area (TPSA) is 105 Å². The van der Waals surface area contributed by atoms with Gasteiger partial charge in [-0.1, -0.05) is 18.2 Å². The number of aromatic nitrogens is 1. The lowest BCUT2D eigenvalue weighted by Gasteiger charge is -2.07. The second-order valence-electron chi connectivity index (χ2n) is 7.20. The number of nitrogens with two attached hydrogens (primary N) is 1. The van der Waals surface area contributed by atoms with E-state index in [1.165, 1.54) is 11.3 Å². The van der Waals surface area contributed by atoms with E-state index >= 15 is 0 Å². The summed E-state index contributed by atoms with van der Waals surface area (Å²) in [5.74, 6) is -1.25. The molecule has 0 fully saturated rings. The third-order valence-electron chi connectivity index (χ3n) is 5.19. The fourth-order valence-electron chi connectivity index (χ4n) is 3.66. The van der Waals surface area contributed by atoms with Crippen molar-refractivity contribution in [3.05, 3.63) is 57.6 Å². The minimum absolute atomic E-state index is 0.190. The molecule has 144 valence electrons. The minimum atomic E-state index is -0.740. The van der Waals surface area contributed by atoms with E-state index in [9.17, 15) is 14.7 Å². The number of carboxylic acids is 1. The van der Waals surface area contributed by atoms with Crippen LogP contribution in [0.5, 0.6) is 0 Å². The van der Waals surface area contributed by atoms with E-state index < -0.39 is 5.97 Å². The van der Waals surface area contributed by atoms with E-state index in [1.807, 2.05) is 31.2 Å². The van der Waals surface area contributed by atoms with Crippen LogP contribution in [0, 0.1) is 12.8 Å². The van der Waals surface area contributed by atoms with Gasteiger partial charge in [0, 0.05) is 17.6 Å². The maximum atomic E-state index is 12.5. The summed E-state index contributed by atoms with van der Waals surface area (Å²) in [7, 11) is 0. The van der Waals surface area contributed by atoms with Gasteiger partial charge in [0.15, 0.2) is 0 Å². The van der Waals surface area contributed by atoms with Crippen molar-refractivity contribution in [2.75, 3.05) is 12.3 Å². The van der Waals surface area contributed by atoms with Crippen LogP contribution in [0.4, 0.5) is 5.69 Å². The smallest absolute Gasteiger partial charge is 0.307 e. The molecule has 6 nitrogen and oxygen atoms in total. The molecule has 4 N–H and O–H groups in total. The number of pyridine rings is 1.